The molecule has 4 rings (SSSR count). The smallest absolute Gasteiger partial charge is 0.344 e. The maximum atomic E-state index is 12.2. The molecule has 0 atom stereocenters. The molecular formula is C20H11Cl3O3. The Hall–Kier alpha value is -2.20. The fourth-order valence-electron chi connectivity index (χ4n) is 2.81. The quantitative estimate of drug-likeness (QED) is 0.222. The number of halogens is 3. The Balaban J connectivity index is 1.72. The number of hydrogen-bond acceptors (Lipinski definition) is 3. The third-order valence-electron chi connectivity index (χ3n) is 4.11. The van der Waals surface area contributed by atoms with Crippen molar-refractivity contribution in [1.29, 1.82) is 0 Å². The molecule has 6 heteroatoms. The molecule has 0 unspecified atom stereocenters. The standard InChI is InChI=1S/C20H11Cl3O3/c21-16-7-8-17(22)19(23)15(16)10-25-11-5-6-13-12-3-1-2-4-14(12)20(24)26-18(13)9-11/h1-9H,10H2. The first-order valence-electron chi connectivity index (χ1n) is 7.75. The number of fused-ring (bicyclic) bond motifs is 3. The molecule has 3 nitrogen and oxygen atoms in total. The summed E-state index contributed by atoms with van der Waals surface area (Å²) < 4.78 is 11.2. The van der Waals surface area contributed by atoms with E-state index in [0.717, 1.165) is 10.8 Å². The van der Waals surface area contributed by atoms with Crippen LogP contribution in [0.5, 0.6) is 5.75 Å². The van der Waals surface area contributed by atoms with Crippen molar-refractivity contribution in [2.75, 3.05) is 0 Å². The van der Waals surface area contributed by atoms with Crippen LogP contribution in [-0.4, -0.2) is 0 Å². The number of hydrogen-bond donors (Lipinski definition) is 0. The molecule has 0 spiro atoms. The molecule has 0 saturated heterocycles. The van der Waals surface area contributed by atoms with Crippen LogP contribution >= 0.6 is 34.8 Å². The predicted molar refractivity (Wildman–Crippen MR) is 106 cm³/mol. The highest BCUT2D eigenvalue weighted by Gasteiger charge is 2.12. The summed E-state index contributed by atoms with van der Waals surface area (Å²) >= 11 is 18.4. The Morgan fingerprint density at radius 2 is 1.58 bits per heavy atom. The molecule has 0 bridgehead atoms. The Morgan fingerprint density at radius 3 is 2.38 bits per heavy atom. The maximum Gasteiger partial charge on any atom is 0.344 e. The van der Waals surface area contributed by atoms with Gasteiger partial charge in [0.05, 0.1) is 15.4 Å². The van der Waals surface area contributed by atoms with Gasteiger partial charge in [-0.3, -0.25) is 0 Å². The Labute approximate surface area is 163 Å². The second kappa shape index (κ2) is 6.84. The molecular weight excluding hydrogens is 395 g/mol. The summed E-state index contributed by atoms with van der Waals surface area (Å²) in [5.41, 5.74) is 0.668. The summed E-state index contributed by atoms with van der Waals surface area (Å²) in [7, 11) is 0. The molecule has 0 aliphatic heterocycles. The van der Waals surface area contributed by atoms with Gasteiger partial charge in [-0.25, -0.2) is 4.79 Å². The first kappa shape index (κ1) is 17.2. The molecule has 4 aromatic rings. The summed E-state index contributed by atoms with van der Waals surface area (Å²) in [5, 5.41) is 3.46. The van der Waals surface area contributed by atoms with Gasteiger partial charge in [0.2, 0.25) is 0 Å². The van der Waals surface area contributed by atoms with Gasteiger partial charge in [0.1, 0.15) is 17.9 Å². The van der Waals surface area contributed by atoms with Crippen LogP contribution in [-0.2, 0) is 6.61 Å². The van der Waals surface area contributed by atoms with E-state index in [2.05, 4.69) is 0 Å². The molecule has 0 saturated carbocycles. The molecule has 0 radical (unpaired) electrons. The van der Waals surface area contributed by atoms with Crippen molar-refractivity contribution >= 4 is 56.5 Å². The molecule has 3 aromatic carbocycles. The van der Waals surface area contributed by atoms with Gasteiger partial charge >= 0.3 is 5.63 Å². The van der Waals surface area contributed by atoms with Gasteiger partial charge in [-0.05, 0) is 35.7 Å². The molecule has 26 heavy (non-hydrogen) atoms. The third-order valence-corrected chi connectivity index (χ3v) is 5.31. The van der Waals surface area contributed by atoms with E-state index < -0.39 is 0 Å². The molecule has 0 aliphatic carbocycles. The van der Waals surface area contributed by atoms with Crippen LogP contribution in [0.2, 0.25) is 15.1 Å². The van der Waals surface area contributed by atoms with Gasteiger partial charge in [-0.1, -0.05) is 53.0 Å². The summed E-state index contributed by atoms with van der Waals surface area (Å²) in [6.07, 6.45) is 0. The topological polar surface area (TPSA) is 39.4 Å². The minimum absolute atomic E-state index is 0.140. The molecule has 0 N–H and O–H groups in total. The van der Waals surface area contributed by atoms with Gasteiger partial charge in [0.25, 0.3) is 0 Å². The van der Waals surface area contributed by atoms with Gasteiger partial charge < -0.3 is 9.15 Å². The van der Waals surface area contributed by atoms with Crippen molar-refractivity contribution in [1.82, 2.24) is 0 Å². The fraction of sp³-hybridized carbons (Fsp3) is 0.0500. The van der Waals surface area contributed by atoms with Crippen LogP contribution in [0.3, 0.4) is 0 Å². The zero-order chi connectivity index (χ0) is 18.3. The number of ether oxygens (including phenoxy) is 1. The lowest BCUT2D eigenvalue weighted by molar-refractivity contribution is 0.306. The summed E-state index contributed by atoms with van der Waals surface area (Å²) in [5.74, 6) is 0.531. The van der Waals surface area contributed by atoms with E-state index in [-0.39, 0.29) is 12.2 Å². The van der Waals surface area contributed by atoms with Crippen molar-refractivity contribution in [3.63, 3.8) is 0 Å². The summed E-state index contributed by atoms with van der Waals surface area (Å²) in [6.45, 7) is 0.140. The van der Waals surface area contributed by atoms with E-state index in [1.54, 1.807) is 36.4 Å². The van der Waals surface area contributed by atoms with Crippen molar-refractivity contribution in [3.8, 4) is 5.75 Å². The first-order chi connectivity index (χ1) is 12.5. The lowest BCUT2D eigenvalue weighted by atomic mass is 10.1. The molecule has 0 aliphatic rings. The Morgan fingerprint density at radius 1 is 0.846 bits per heavy atom. The van der Waals surface area contributed by atoms with Crippen LogP contribution in [0.1, 0.15) is 5.56 Å². The van der Waals surface area contributed by atoms with E-state index in [9.17, 15) is 4.79 Å². The number of rotatable bonds is 3. The highest BCUT2D eigenvalue weighted by atomic mass is 35.5. The monoisotopic (exact) mass is 404 g/mol. The van der Waals surface area contributed by atoms with Crippen LogP contribution in [0.4, 0.5) is 0 Å². The van der Waals surface area contributed by atoms with Gasteiger partial charge in [-0.15, -0.1) is 0 Å². The highest BCUT2D eigenvalue weighted by Crippen LogP contribution is 2.33. The first-order valence-corrected chi connectivity index (χ1v) is 8.89. The lowest BCUT2D eigenvalue weighted by Gasteiger charge is -2.11. The van der Waals surface area contributed by atoms with Crippen LogP contribution in [0.15, 0.2) is 63.8 Å². The molecule has 0 fully saturated rings. The summed E-state index contributed by atoms with van der Waals surface area (Å²) in [6, 6.07) is 16.0. The second-order valence-electron chi connectivity index (χ2n) is 5.70. The maximum absolute atomic E-state index is 12.2. The van der Waals surface area contributed by atoms with E-state index in [4.69, 9.17) is 44.0 Å². The van der Waals surface area contributed by atoms with Crippen molar-refractivity contribution in [2.24, 2.45) is 0 Å². The molecule has 130 valence electrons. The van der Waals surface area contributed by atoms with E-state index in [1.807, 2.05) is 18.2 Å². The highest BCUT2D eigenvalue weighted by molar-refractivity contribution is 6.44. The predicted octanol–water partition coefficient (Wildman–Crippen LogP) is 6.49. The third kappa shape index (κ3) is 3.03. The number of benzene rings is 3. The summed E-state index contributed by atoms with van der Waals surface area (Å²) in [4.78, 5) is 12.2. The van der Waals surface area contributed by atoms with Gasteiger partial charge in [0, 0.05) is 22.0 Å². The average molecular weight is 406 g/mol. The average Bonchev–Trinajstić information content (AvgIpc) is 2.65. The zero-order valence-corrected chi connectivity index (χ0v) is 15.5. The zero-order valence-electron chi connectivity index (χ0n) is 13.3. The molecule has 0 amide bonds. The fourth-order valence-corrected chi connectivity index (χ4v) is 3.46. The minimum atomic E-state index is -0.383. The van der Waals surface area contributed by atoms with Crippen molar-refractivity contribution < 1.29 is 9.15 Å². The van der Waals surface area contributed by atoms with Gasteiger partial charge in [-0.2, -0.15) is 0 Å². The normalized spacial score (nSPS) is 11.2. The van der Waals surface area contributed by atoms with E-state index in [0.29, 0.717) is 37.4 Å². The van der Waals surface area contributed by atoms with Gasteiger partial charge in [0.15, 0.2) is 0 Å². The Bertz CT molecular complexity index is 1200. The van der Waals surface area contributed by atoms with E-state index >= 15 is 0 Å². The molecule has 1 heterocycles. The minimum Gasteiger partial charge on any atom is -0.489 e. The molecule has 1 aromatic heterocycles. The largest absolute Gasteiger partial charge is 0.489 e. The Kier molecular flexibility index (Phi) is 4.53. The van der Waals surface area contributed by atoms with Crippen molar-refractivity contribution in [2.45, 2.75) is 6.61 Å². The van der Waals surface area contributed by atoms with E-state index in [1.165, 1.54) is 0 Å². The second-order valence-corrected chi connectivity index (χ2v) is 6.90. The lowest BCUT2D eigenvalue weighted by Crippen LogP contribution is -2.00. The van der Waals surface area contributed by atoms with Crippen LogP contribution in [0.25, 0.3) is 21.7 Å². The van der Waals surface area contributed by atoms with Crippen LogP contribution < -0.4 is 10.4 Å². The van der Waals surface area contributed by atoms with Crippen molar-refractivity contribution in [3.05, 3.63) is 85.6 Å². The van der Waals surface area contributed by atoms with Crippen LogP contribution in [0, 0.1) is 0 Å². The SMILES string of the molecule is O=c1oc2cc(OCc3c(Cl)ccc(Cl)c3Cl)ccc2c2ccccc12.